The molecule has 0 bridgehead atoms. The van der Waals surface area contributed by atoms with Crippen LogP contribution in [-0.2, 0) is 0 Å². The molecule has 72 valence electrons. The van der Waals surface area contributed by atoms with Gasteiger partial charge >= 0.3 is 0 Å². The molecule has 0 amide bonds. The lowest BCUT2D eigenvalue weighted by atomic mass is 10.2. The number of hydrogen-bond donors (Lipinski definition) is 3. The molecule has 1 rings (SSSR count). The fraction of sp³-hybridized carbons (Fsp3) is 0.333. The van der Waals surface area contributed by atoms with E-state index in [1.807, 2.05) is 31.1 Å². The van der Waals surface area contributed by atoms with Crippen LogP contribution < -0.4 is 21.7 Å². The molecular formula is C9H16N4. The minimum atomic E-state index is 0.694. The molecule has 0 saturated heterocycles. The van der Waals surface area contributed by atoms with Gasteiger partial charge in [-0.1, -0.05) is 0 Å². The average molecular weight is 180 g/mol. The van der Waals surface area contributed by atoms with Crippen molar-refractivity contribution in [3.63, 3.8) is 0 Å². The van der Waals surface area contributed by atoms with Crippen molar-refractivity contribution in [2.45, 2.75) is 0 Å². The molecule has 0 saturated carbocycles. The predicted octanol–water partition coefficient (Wildman–Crippen LogP) is 0.464. The Morgan fingerprint density at radius 1 is 1.38 bits per heavy atom. The van der Waals surface area contributed by atoms with Crippen molar-refractivity contribution in [1.29, 1.82) is 0 Å². The number of nitrogens with one attached hydrogen (secondary N) is 1. The quantitative estimate of drug-likeness (QED) is 0.467. The number of hydrogen-bond acceptors (Lipinski definition) is 4. The Morgan fingerprint density at radius 2 is 2.08 bits per heavy atom. The zero-order chi connectivity index (χ0) is 9.84. The van der Waals surface area contributed by atoms with Crippen LogP contribution in [0.2, 0.25) is 0 Å². The monoisotopic (exact) mass is 180 g/mol. The smallest absolute Gasteiger partial charge is 0.0677 e. The first-order valence-corrected chi connectivity index (χ1v) is 4.16. The van der Waals surface area contributed by atoms with Gasteiger partial charge in [0.15, 0.2) is 0 Å². The molecule has 1 aromatic rings. The van der Waals surface area contributed by atoms with Gasteiger partial charge in [-0.25, -0.2) is 0 Å². The Morgan fingerprint density at radius 3 is 2.62 bits per heavy atom. The van der Waals surface area contributed by atoms with Gasteiger partial charge in [-0.05, 0) is 25.2 Å². The number of anilines is 3. The van der Waals surface area contributed by atoms with Crippen molar-refractivity contribution in [2.24, 2.45) is 0 Å². The predicted molar refractivity (Wildman–Crippen MR) is 57.6 cm³/mol. The first-order chi connectivity index (χ1) is 6.15. The van der Waals surface area contributed by atoms with E-state index in [-0.39, 0.29) is 0 Å². The summed E-state index contributed by atoms with van der Waals surface area (Å²) < 4.78 is 0. The standard InChI is InChI=1S/C9H16N4/c1-12-6-13(2)9-4-3-7(10)5-8(9)11/h3-5,12H,6,10-11H2,1-2H3. The summed E-state index contributed by atoms with van der Waals surface area (Å²) in [5.41, 5.74) is 13.8. The van der Waals surface area contributed by atoms with Crippen molar-refractivity contribution in [1.82, 2.24) is 5.32 Å². The van der Waals surface area contributed by atoms with Crippen molar-refractivity contribution in [3.8, 4) is 0 Å². The van der Waals surface area contributed by atoms with E-state index in [1.165, 1.54) is 0 Å². The lowest BCUT2D eigenvalue weighted by Gasteiger charge is -2.20. The number of rotatable bonds is 3. The summed E-state index contributed by atoms with van der Waals surface area (Å²) >= 11 is 0. The van der Waals surface area contributed by atoms with Gasteiger partial charge in [0.25, 0.3) is 0 Å². The molecule has 0 atom stereocenters. The number of nitrogens with zero attached hydrogens (tertiary/aromatic N) is 1. The second-order valence-corrected chi connectivity index (χ2v) is 3.03. The van der Waals surface area contributed by atoms with E-state index in [9.17, 15) is 0 Å². The van der Waals surface area contributed by atoms with Gasteiger partial charge in [-0.3, -0.25) is 0 Å². The zero-order valence-electron chi connectivity index (χ0n) is 8.04. The Labute approximate surface area is 78.5 Å². The van der Waals surface area contributed by atoms with E-state index >= 15 is 0 Å². The highest BCUT2D eigenvalue weighted by atomic mass is 15.2. The highest BCUT2D eigenvalue weighted by Crippen LogP contribution is 2.23. The molecule has 0 aliphatic heterocycles. The van der Waals surface area contributed by atoms with E-state index in [0.29, 0.717) is 11.4 Å². The van der Waals surface area contributed by atoms with E-state index in [4.69, 9.17) is 11.5 Å². The fourth-order valence-corrected chi connectivity index (χ4v) is 1.24. The molecule has 1 aromatic carbocycles. The maximum Gasteiger partial charge on any atom is 0.0677 e. The molecule has 0 aliphatic carbocycles. The maximum absolute atomic E-state index is 5.80. The van der Waals surface area contributed by atoms with Gasteiger partial charge in [0, 0.05) is 12.7 Å². The summed E-state index contributed by atoms with van der Waals surface area (Å²) in [6, 6.07) is 5.53. The van der Waals surface area contributed by atoms with Crippen LogP contribution in [-0.4, -0.2) is 20.8 Å². The summed E-state index contributed by atoms with van der Waals surface area (Å²) in [6.45, 7) is 0.758. The molecule has 0 unspecified atom stereocenters. The van der Waals surface area contributed by atoms with E-state index in [1.54, 1.807) is 6.07 Å². The minimum Gasteiger partial charge on any atom is -0.399 e. The van der Waals surface area contributed by atoms with Crippen molar-refractivity contribution < 1.29 is 0 Å². The van der Waals surface area contributed by atoms with Gasteiger partial charge in [-0.2, -0.15) is 0 Å². The third kappa shape index (κ3) is 2.26. The summed E-state index contributed by atoms with van der Waals surface area (Å²) in [5.74, 6) is 0. The molecule has 0 radical (unpaired) electrons. The first-order valence-electron chi connectivity index (χ1n) is 4.16. The molecule has 0 heterocycles. The topological polar surface area (TPSA) is 67.3 Å². The third-order valence-corrected chi connectivity index (χ3v) is 1.86. The molecule has 0 aromatic heterocycles. The Kier molecular flexibility index (Phi) is 2.97. The van der Waals surface area contributed by atoms with Crippen molar-refractivity contribution >= 4 is 17.1 Å². The minimum absolute atomic E-state index is 0.694. The Balaban J connectivity index is 2.88. The SMILES string of the molecule is CNCN(C)c1ccc(N)cc1N. The Hall–Kier alpha value is -1.42. The normalized spacial score (nSPS) is 10.0. The highest BCUT2D eigenvalue weighted by molar-refractivity contribution is 5.71. The highest BCUT2D eigenvalue weighted by Gasteiger charge is 2.03. The molecule has 5 N–H and O–H groups in total. The van der Waals surface area contributed by atoms with Crippen LogP contribution in [0.5, 0.6) is 0 Å². The van der Waals surface area contributed by atoms with E-state index in [0.717, 1.165) is 12.4 Å². The summed E-state index contributed by atoms with van der Waals surface area (Å²) in [4.78, 5) is 2.02. The lowest BCUT2D eigenvalue weighted by Crippen LogP contribution is -2.28. The van der Waals surface area contributed by atoms with Crippen molar-refractivity contribution in [2.75, 3.05) is 37.1 Å². The van der Waals surface area contributed by atoms with Crippen LogP contribution in [0.1, 0.15) is 0 Å². The van der Waals surface area contributed by atoms with E-state index in [2.05, 4.69) is 5.32 Å². The molecular weight excluding hydrogens is 164 g/mol. The zero-order valence-corrected chi connectivity index (χ0v) is 8.04. The molecule has 4 heteroatoms. The van der Waals surface area contributed by atoms with Gasteiger partial charge in [0.05, 0.1) is 18.0 Å². The van der Waals surface area contributed by atoms with Crippen molar-refractivity contribution in [3.05, 3.63) is 18.2 Å². The Bertz CT molecular complexity index is 285. The molecule has 13 heavy (non-hydrogen) atoms. The number of nitrogen functional groups attached to an aromatic ring is 2. The summed E-state index contributed by atoms with van der Waals surface area (Å²) in [6.07, 6.45) is 0. The molecule has 4 nitrogen and oxygen atoms in total. The van der Waals surface area contributed by atoms with Crippen LogP contribution >= 0.6 is 0 Å². The average Bonchev–Trinajstić information content (AvgIpc) is 2.04. The third-order valence-electron chi connectivity index (χ3n) is 1.86. The van der Waals surface area contributed by atoms with Gasteiger partial charge in [-0.15, -0.1) is 0 Å². The van der Waals surface area contributed by atoms with Gasteiger partial charge < -0.3 is 21.7 Å². The van der Waals surface area contributed by atoms with Crippen LogP contribution in [0.25, 0.3) is 0 Å². The van der Waals surface area contributed by atoms with Crippen LogP contribution in [0.3, 0.4) is 0 Å². The van der Waals surface area contributed by atoms with Crippen LogP contribution in [0.15, 0.2) is 18.2 Å². The second kappa shape index (κ2) is 4.00. The first kappa shape index (κ1) is 9.67. The maximum atomic E-state index is 5.80. The van der Waals surface area contributed by atoms with Gasteiger partial charge in [0.2, 0.25) is 0 Å². The van der Waals surface area contributed by atoms with Crippen LogP contribution in [0.4, 0.5) is 17.1 Å². The largest absolute Gasteiger partial charge is 0.399 e. The fourth-order valence-electron chi connectivity index (χ4n) is 1.24. The molecule has 0 aliphatic rings. The summed E-state index contributed by atoms with van der Waals surface area (Å²) in [5, 5.41) is 3.05. The van der Waals surface area contributed by atoms with Gasteiger partial charge in [0.1, 0.15) is 0 Å². The molecule has 0 fully saturated rings. The number of nitrogens with two attached hydrogens (primary N) is 2. The number of benzene rings is 1. The lowest BCUT2D eigenvalue weighted by molar-refractivity contribution is 0.777. The molecule has 0 spiro atoms. The van der Waals surface area contributed by atoms with E-state index < -0.39 is 0 Å². The van der Waals surface area contributed by atoms with Crippen LogP contribution in [0, 0.1) is 0 Å². The second-order valence-electron chi connectivity index (χ2n) is 3.03. The summed E-state index contributed by atoms with van der Waals surface area (Å²) in [7, 11) is 3.86.